The van der Waals surface area contributed by atoms with Gasteiger partial charge in [0.2, 0.25) is 5.88 Å². The summed E-state index contributed by atoms with van der Waals surface area (Å²) in [5, 5.41) is 7.52. The number of nitrogens with zero attached hydrogens (tertiary/aromatic N) is 3. The summed E-state index contributed by atoms with van der Waals surface area (Å²) in [6, 6.07) is 9.39. The molecule has 2 heterocycles. The Morgan fingerprint density at radius 2 is 2.16 bits per heavy atom. The molecule has 0 radical (unpaired) electrons. The fourth-order valence-electron chi connectivity index (χ4n) is 2.35. The lowest BCUT2D eigenvalue weighted by molar-refractivity contribution is 0.397. The van der Waals surface area contributed by atoms with Crippen LogP contribution in [-0.4, -0.2) is 21.9 Å². The average Bonchev–Trinajstić information content (AvgIpc) is 2.64. The molecule has 0 aliphatic rings. The van der Waals surface area contributed by atoms with Gasteiger partial charge in [-0.1, -0.05) is 17.8 Å². The van der Waals surface area contributed by atoms with Crippen LogP contribution in [0.1, 0.15) is 12.5 Å². The van der Waals surface area contributed by atoms with Crippen LogP contribution in [0.2, 0.25) is 0 Å². The maximum atomic E-state index is 12.7. The number of ether oxygens (including phenoxy) is 1. The standard InChI is InChI=1S/C18H17N3O2S2/c1-12(11-24)25-15-4-5-16-14(7-15)9-20-21(18(16)22)10-13-3-6-17(23-2)19-8-13/h3-9,11,24H,10H2,1-2H3/b12-11+. The van der Waals surface area contributed by atoms with Crippen LogP contribution in [0, 0.1) is 0 Å². The highest BCUT2D eigenvalue weighted by Crippen LogP contribution is 2.28. The van der Waals surface area contributed by atoms with Crippen LogP contribution >= 0.6 is 24.4 Å². The minimum absolute atomic E-state index is 0.119. The molecule has 0 saturated carbocycles. The van der Waals surface area contributed by atoms with Crippen LogP contribution in [-0.2, 0) is 6.54 Å². The van der Waals surface area contributed by atoms with Crippen LogP contribution in [0.15, 0.2) is 62.7 Å². The second-order valence-corrected chi connectivity index (χ2v) is 6.98. The number of allylic oxidation sites excluding steroid dienone is 1. The van der Waals surface area contributed by atoms with Crippen LogP contribution in [0.25, 0.3) is 10.8 Å². The van der Waals surface area contributed by atoms with E-state index in [1.165, 1.54) is 4.68 Å². The predicted octanol–water partition coefficient (Wildman–Crippen LogP) is 3.73. The Hall–Kier alpha value is -2.25. The highest BCUT2D eigenvalue weighted by molar-refractivity contribution is 8.03. The van der Waals surface area contributed by atoms with Gasteiger partial charge in [-0.15, -0.1) is 0 Å². The summed E-state index contributed by atoms with van der Waals surface area (Å²) < 4.78 is 6.48. The number of benzene rings is 1. The van der Waals surface area contributed by atoms with Crippen LogP contribution in [0.4, 0.5) is 0 Å². The number of hydrogen-bond donors (Lipinski definition) is 1. The molecule has 0 spiro atoms. The largest absolute Gasteiger partial charge is 0.481 e. The summed E-state index contributed by atoms with van der Waals surface area (Å²) in [6.45, 7) is 2.35. The van der Waals surface area contributed by atoms with Crippen molar-refractivity contribution in [1.82, 2.24) is 14.8 Å². The van der Waals surface area contributed by atoms with E-state index in [1.54, 1.807) is 42.7 Å². The first kappa shape index (κ1) is 17.6. The second-order valence-electron chi connectivity index (χ2n) is 5.41. The van der Waals surface area contributed by atoms with Crippen LogP contribution in [0.3, 0.4) is 0 Å². The first-order valence-corrected chi connectivity index (χ1v) is 8.91. The Bertz CT molecular complexity index is 982. The smallest absolute Gasteiger partial charge is 0.274 e. The van der Waals surface area contributed by atoms with E-state index in [0.29, 0.717) is 17.8 Å². The number of rotatable bonds is 5. The van der Waals surface area contributed by atoms with Gasteiger partial charge in [-0.2, -0.15) is 17.7 Å². The molecule has 3 rings (SSSR count). The van der Waals surface area contributed by atoms with Crippen molar-refractivity contribution in [2.45, 2.75) is 18.4 Å². The molecule has 0 bridgehead atoms. The summed E-state index contributed by atoms with van der Waals surface area (Å²) in [5.74, 6) is 0.540. The lowest BCUT2D eigenvalue weighted by atomic mass is 10.2. The Labute approximate surface area is 155 Å². The SMILES string of the molecule is COc1ccc(Cn2ncc3cc(S/C(C)=C/S)ccc3c2=O)cn1. The molecule has 1 aromatic carbocycles. The third kappa shape index (κ3) is 4.05. The highest BCUT2D eigenvalue weighted by Gasteiger charge is 2.07. The topological polar surface area (TPSA) is 57.0 Å². The average molecular weight is 371 g/mol. The number of fused-ring (bicyclic) bond motifs is 1. The molecular weight excluding hydrogens is 354 g/mol. The van der Waals surface area contributed by atoms with E-state index in [2.05, 4.69) is 22.7 Å². The van der Waals surface area contributed by atoms with Crippen molar-refractivity contribution in [2.75, 3.05) is 7.11 Å². The normalized spacial score (nSPS) is 11.7. The summed E-state index contributed by atoms with van der Waals surface area (Å²) >= 11 is 5.75. The molecule has 3 aromatic rings. The number of thioether (sulfide) groups is 1. The zero-order chi connectivity index (χ0) is 17.8. The molecule has 0 aliphatic heterocycles. The van der Waals surface area contributed by atoms with Crippen molar-refractivity contribution in [3.05, 3.63) is 69.0 Å². The van der Waals surface area contributed by atoms with Crippen molar-refractivity contribution >= 4 is 35.2 Å². The van der Waals surface area contributed by atoms with E-state index < -0.39 is 0 Å². The molecule has 0 atom stereocenters. The third-order valence-electron chi connectivity index (χ3n) is 3.62. The fourth-order valence-corrected chi connectivity index (χ4v) is 3.26. The number of thiol groups is 1. The molecule has 7 heteroatoms. The number of aromatic nitrogens is 3. The molecule has 0 saturated heterocycles. The minimum atomic E-state index is -0.119. The Morgan fingerprint density at radius 3 is 2.84 bits per heavy atom. The van der Waals surface area contributed by atoms with Gasteiger partial charge < -0.3 is 4.74 Å². The van der Waals surface area contributed by atoms with Gasteiger partial charge in [0.25, 0.3) is 5.56 Å². The predicted molar refractivity (Wildman–Crippen MR) is 104 cm³/mol. The molecule has 0 amide bonds. The maximum Gasteiger partial charge on any atom is 0.274 e. The van der Waals surface area contributed by atoms with Crippen molar-refractivity contribution in [2.24, 2.45) is 0 Å². The van der Waals surface area contributed by atoms with Gasteiger partial charge in [-0.3, -0.25) is 4.79 Å². The van der Waals surface area contributed by atoms with Crippen LogP contribution < -0.4 is 10.3 Å². The quantitative estimate of drug-likeness (QED) is 0.547. The summed E-state index contributed by atoms with van der Waals surface area (Å²) in [4.78, 5) is 19.0. The van der Waals surface area contributed by atoms with E-state index >= 15 is 0 Å². The molecule has 25 heavy (non-hydrogen) atoms. The van der Waals surface area contributed by atoms with E-state index in [4.69, 9.17) is 4.74 Å². The van der Waals surface area contributed by atoms with Gasteiger partial charge >= 0.3 is 0 Å². The molecule has 0 fully saturated rings. The lowest BCUT2D eigenvalue weighted by Crippen LogP contribution is -2.23. The van der Waals surface area contributed by atoms with E-state index in [9.17, 15) is 4.79 Å². The van der Waals surface area contributed by atoms with Crippen LogP contribution in [0.5, 0.6) is 5.88 Å². The molecule has 2 aromatic heterocycles. The van der Waals surface area contributed by atoms with Gasteiger partial charge in [0.15, 0.2) is 0 Å². The van der Waals surface area contributed by atoms with Crippen molar-refractivity contribution < 1.29 is 4.74 Å². The Balaban J connectivity index is 1.91. The second kappa shape index (κ2) is 7.76. The first-order valence-electron chi connectivity index (χ1n) is 7.58. The number of hydrogen-bond acceptors (Lipinski definition) is 6. The maximum absolute atomic E-state index is 12.7. The highest BCUT2D eigenvalue weighted by atomic mass is 32.2. The van der Waals surface area contributed by atoms with E-state index in [1.807, 2.05) is 31.2 Å². The molecule has 5 nitrogen and oxygen atoms in total. The lowest BCUT2D eigenvalue weighted by Gasteiger charge is -2.08. The minimum Gasteiger partial charge on any atom is -0.481 e. The molecule has 0 aliphatic carbocycles. The van der Waals surface area contributed by atoms with Crippen molar-refractivity contribution in [3.63, 3.8) is 0 Å². The summed E-state index contributed by atoms with van der Waals surface area (Å²) in [7, 11) is 1.57. The van der Waals surface area contributed by atoms with Gasteiger partial charge in [-0.05, 0) is 41.0 Å². The van der Waals surface area contributed by atoms with Crippen molar-refractivity contribution in [3.8, 4) is 5.88 Å². The monoisotopic (exact) mass is 371 g/mol. The Kier molecular flexibility index (Phi) is 5.45. The molecule has 0 N–H and O–H groups in total. The number of pyridine rings is 1. The number of methoxy groups -OCH3 is 1. The van der Waals surface area contributed by atoms with Gasteiger partial charge in [0.05, 0.1) is 25.2 Å². The fraction of sp³-hybridized carbons (Fsp3) is 0.167. The molecule has 0 unspecified atom stereocenters. The first-order chi connectivity index (χ1) is 12.1. The van der Waals surface area contributed by atoms with Crippen molar-refractivity contribution in [1.29, 1.82) is 0 Å². The zero-order valence-electron chi connectivity index (χ0n) is 13.8. The Morgan fingerprint density at radius 1 is 1.32 bits per heavy atom. The molecule has 128 valence electrons. The summed E-state index contributed by atoms with van der Waals surface area (Å²) in [5.41, 5.74) is 0.766. The van der Waals surface area contributed by atoms with E-state index in [0.717, 1.165) is 20.8 Å². The van der Waals surface area contributed by atoms with Gasteiger partial charge in [-0.25, -0.2) is 9.67 Å². The molecular formula is C18H17N3O2S2. The van der Waals surface area contributed by atoms with E-state index in [-0.39, 0.29) is 5.56 Å². The van der Waals surface area contributed by atoms with Gasteiger partial charge in [0.1, 0.15) is 0 Å². The third-order valence-corrected chi connectivity index (χ3v) is 5.12. The zero-order valence-corrected chi connectivity index (χ0v) is 15.6. The summed E-state index contributed by atoms with van der Waals surface area (Å²) in [6.07, 6.45) is 3.40. The van der Waals surface area contributed by atoms with Gasteiger partial charge in [0, 0.05) is 22.5 Å².